The number of aliphatic hydroxyl groups excluding tert-OH is 1. The van der Waals surface area contributed by atoms with Crippen molar-refractivity contribution in [1.82, 2.24) is 0 Å². The fourth-order valence-electron chi connectivity index (χ4n) is 2.68. The third kappa shape index (κ3) is 2.95. The number of ether oxygens (including phenoxy) is 1. The number of benzene rings is 2. The smallest absolute Gasteiger partial charge is 0.264 e. The first-order valence-electron chi connectivity index (χ1n) is 7.18. The first-order valence-corrected chi connectivity index (χ1v) is 9.38. The van der Waals surface area contributed by atoms with Crippen LogP contribution in [0.4, 0.5) is 5.69 Å². The van der Waals surface area contributed by atoms with Crippen LogP contribution in [-0.4, -0.2) is 27.2 Å². The van der Waals surface area contributed by atoms with Crippen molar-refractivity contribution in [2.24, 2.45) is 0 Å². The van der Waals surface area contributed by atoms with Crippen molar-refractivity contribution < 1.29 is 18.3 Å². The van der Waals surface area contributed by atoms with E-state index in [9.17, 15) is 13.5 Å². The van der Waals surface area contributed by atoms with Gasteiger partial charge >= 0.3 is 0 Å². The molecule has 1 atom stereocenters. The zero-order valence-electron chi connectivity index (χ0n) is 12.7. The second-order valence-corrected chi connectivity index (χ2v) is 8.06. The standard InChI is InChI=1S/C16H15Cl2NO4S/c1-23-10-2-5-15-12(8-10)16(20)6-7-19(15)24(21,22)11-3-4-13(17)14(18)9-11/h2-5,8-9,16,20H,6-7H2,1H3. The molecule has 0 saturated carbocycles. The summed E-state index contributed by atoms with van der Waals surface area (Å²) < 4.78 is 32.4. The van der Waals surface area contributed by atoms with Gasteiger partial charge in [-0.2, -0.15) is 0 Å². The Hall–Kier alpha value is -1.47. The predicted octanol–water partition coefficient (Wildman–Crippen LogP) is 3.63. The van der Waals surface area contributed by atoms with Gasteiger partial charge in [-0.3, -0.25) is 4.31 Å². The zero-order chi connectivity index (χ0) is 17.5. The summed E-state index contributed by atoms with van der Waals surface area (Å²) in [7, 11) is -2.30. The second kappa shape index (κ2) is 6.44. The average molecular weight is 388 g/mol. The molecule has 2 aromatic carbocycles. The molecule has 8 heteroatoms. The molecule has 0 radical (unpaired) electrons. The number of sulfonamides is 1. The van der Waals surface area contributed by atoms with Gasteiger partial charge < -0.3 is 9.84 Å². The van der Waals surface area contributed by atoms with Gasteiger partial charge in [-0.15, -0.1) is 0 Å². The minimum Gasteiger partial charge on any atom is -0.497 e. The Morgan fingerprint density at radius 2 is 1.92 bits per heavy atom. The summed E-state index contributed by atoms with van der Waals surface area (Å²) in [6.45, 7) is 0.170. The Morgan fingerprint density at radius 3 is 2.58 bits per heavy atom. The van der Waals surface area contributed by atoms with E-state index < -0.39 is 16.1 Å². The highest BCUT2D eigenvalue weighted by Crippen LogP contribution is 2.39. The molecule has 1 aliphatic rings. The molecule has 0 aromatic heterocycles. The van der Waals surface area contributed by atoms with E-state index in [0.717, 1.165) is 0 Å². The fraction of sp³-hybridized carbons (Fsp3) is 0.250. The summed E-state index contributed by atoms with van der Waals surface area (Å²) in [4.78, 5) is 0.0510. The number of fused-ring (bicyclic) bond motifs is 1. The Kier molecular flexibility index (Phi) is 4.66. The van der Waals surface area contributed by atoms with E-state index in [-0.39, 0.29) is 21.5 Å². The number of hydrogen-bond donors (Lipinski definition) is 1. The molecule has 0 bridgehead atoms. The Balaban J connectivity index is 2.10. The average Bonchev–Trinajstić information content (AvgIpc) is 2.57. The van der Waals surface area contributed by atoms with Crippen molar-refractivity contribution in [3.63, 3.8) is 0 Å². The van der Waals surface area contributed by atoms with Gasteiger partial charge in [0.1, 0.15) is 5.75 Å². The third-order valence-electron chi connectivity index (χ3n) is 3.95. The Morgan fingerprint density at radius 1 is 1.17 bits per heavy atom. The maximum Gasteiger partial charge on any atom is 0.264 e. The van der Waals surface area contributed by atoms with Crippen molar-refractivity contribution >= 4 is 38.9 Å². The summed E-state index contributed by atoms with van der Waals surface area (Å²) in [6, 6.07) is 9.13. The molecule has 0 spiro atoms. The monoisotopic (exact) mass is 387 g/mol. The van der Waals surface area contributed by atoms with Crippen LogP contribution >= 0.6 is 23.2 Å². The predicted molar refractivity (Wildman–Crippen MR) is 93.6 cm³/mol. The van der Waals surface area contributed by atoms with Crippen LogP contribution in [0.25, 0.3) is 0 Å². The maximum absolute atomic E-state index is 13.0. The van der Waals surface area contributed by atoms with Gasteiger partial charge in [0, 0.05) is 12.1 Å². The molecule has 1 N–H and O–H groups in total. The quantitative estimate of drug-likeness (QED) is 0.872. The molecule has 0 aliphatic carbocycles. The lowest BCUT2D eigenvalue weighted by Crippen LogP contribution is -2.36. The van der Waals surface area contributed by atoms with E-state index in [1.54, 1.807) is 18.2 Å². The summed E-state index contributed by atoms with van der Waals surface area (Å²) in [5.41, 5.74) is 0.949. The summed E-state index contributed by atoms with van der Waals surface area (Å²) in [6.07, 6.45) is -0.448. The van der Waals surface area contributed by atoms with Gasteiger partial charge in [0.25, 0.3) is 10.0 Å². The van der Waals surface area contributed by atoms with Crippen LogP contribution in [0.3, 0.4) is 0 Å². The molecular weight excluding hydrogens is 373 g/mol. The lowest BCUT2D eigenvalue weighted by atomic mass is 10.0. The third-order valence-corrected chi connectivity index (χ3v) is 6.50. The number of halogens is 2. The van der Waals surface area contributed by atoms with Crippen molar-refractivity contribution in [2.75, 3.05) is 18.0 Å². The van der Waals surface area contributed by atoms with Gasteiger partial charge in [0.2, 0.25) is 0 Å². The fourth-order valence-corrected chi connectivity index (χ4v) is 4.58. The molecule has 128 valence electrons. The normalized spacial score (nSPS) is 17.5. The summed E-state index contributed by atoms with van der Waals surface area (Å²) >= 11 is 11.8. The molecule has 1 heterocycles. The van der Waals surface area contributed by atoms with Gasteiger partial charge in [-0.05, 0) is 42.8 Å². The SMILES string of the molecule is COc1ccc2c(c1)C(O)CCN2S(=O)(=O)c1ccc(Cl)c(Cl)c1. The molecule has 0 amide bonds. The molecule has 0 saturated heterocycles. The van der Waals surface area contributed by atoms with E-state index in [4.69, 9.17) is 27.9 Å². The second-order valence-electron chi connectivity index (χ2n) is 5.38. The molecule has 1 unspecified atom stereocenters. The van der Waals surface area contributed by atoms with Gasteiger partial charge in [0.15, 0.2) is 0 Å². The van der Waals surface area contributed by atoms with Crippen molar-refractivity contribution in [3.05, 3.63) is 52.0 Å². The Bertz CT molecular complexity index is 886. The maximum atomic E-state index is 13.0. The molecule has 5 nitrogen and oxygen atoms in total. The first kappa shape index (κ1) is 17.4. The zero-order valence-corrected chi connectivity index (χ0v) is 15.1. The van der Waals surface area contributed by atoms with Crippen molar-refractivity contribution in [3.8, 4) is 5.75 Å². The van der Waals surface area contributed by atoms with Crippen LogP contribution in [0, 0.1) is 0 Å². The van der Waals surface area contributed by atoms with Crippen LogP contribution in [0.1, 0.15) is 18.1 Å². The molecule has 0 fully saturated rings. The number of nitrogens with zero attached hydrogens (tertiary/aromatic N) is 1. The van der Waals surface area contributed by atoms with Gasteiger partial charge in [-0.1, -0.05) is 23.2 Å². The van der Waals surface area contributed by atoms with E-state index in [0.29, 0.717) is 23.4 Å². The van der Waals surface area contributed by atoms with E-state index in [1.165, 1.54) is 29.6 Å². The molecule has 3 rings (SSSR count). The summed E-state index contributed by atoms with van der Waals surface area (Å²) in [5.74, 6) is 0.557. The number of hydrogen-bond acceptors (Lipinski definition) is 4. The number of aliphatic hydroxyl groups is 1. The highest BCUT2D eigenvalue weighted by molar-refractivity contribution is 7.92. The topological polar surface area (TPSA) is 66.8 Å². The Labute approximate surface area is 150 Å². The van der Waals surface area contributed by atoms with Crippen LogP contribution in [0.15, 0.2) is 41.3 Å². The number of anilines is 1. The van der Waals surface area contributed by atoms with Crippen molar-refractivity contribution in [1.29, 1.82) is 0 Å². The number of methoxy groups -OCH3 is 1. The van der Waals surface area contributed by atoms with E-state index >= 15 is 0 Å². The minimum absolute atomic E-state index is 0.0510. The lowest BCUT2D eigenvalue weighted by molar-refractivity contribution is 0.166. The van der Waals surface area contributed by atoms with Gasteiger partial charge in [-0.25, -0.2) is 8.42 Å². The van der Waals surface area contributed by atoms with Gasteiger partial charge in [0.05, 0.1) is 33.8 Å². The van der Waals surface area contributed by atoms with E-state index in [1.807, 2.05) is 0 Å². The first-order chi connectivity index (χ1) is 11.3. The van der Waals surface area contributed by atoms with Crippen LogP contribution in [0.2, 0.25) is 10.0 Å². The largest absolute Gasteiger partial charge is 0.497 e. The van der Waals surface area contributed by atoms with Crippen LogP contribution in [-0.2, 0) is 10.0 Å². The molecule has 2 aromatic rings. The van der Waals surface area contributed by atoms with Crippen molar-refractivity contribution in [2.45, 2.75) is 17.4 Å². The lowest BCUT2D eigenvalue weighted by Gasteiger charge is -2.33. The number of rotatable bonds is 3. The highest BCUT2D eigenvalue weighted by Gasteiger charge is 2.33. The highest BCUT2D eigenvalue weighted by atomic mass is 35.5. The van der Waals surface area contributed by atoms with Crippen LogP contribution < -0.4 is 9.04 Å². The molecular formula is C16H15Cl2NO4S. The van der Waals surface area contributed by atoms with E-state index in [2.05, 4.69) is 0 Å². The molecule has 24 heavy (non-hydrogen) atoms. The van der Waals surface area contributed by atoms with Crippen LogP contribution in [0.5, 0.6) is 5.75 Å². The molecule has 1 aliphatic heterocycles. The minimum atomic E-state index is -3.82. The summed E-state index contributed by atoms with van der Waals surface area (Å²) in [5, 5.41) is 10.7.